The van der Waals surface area contributed by atoms with Gasteiger partial charge in [0.05, 0.1) is 0 Å². The third kappa shape index (κ3) is 3.31. The number of nitrogens with zero attached hydrogens (tertiary/aromatic N) is 2. The number of piperazine rings is 1. The second-order valence-corrected chi connectivity index (χ2v) is 7.33. The summed E-state index contributed by atoms with van der Waals surface area (Å²) < 4.78 is 1.05. The van der Waals surface area contributed by atoms with Crippen LogP contribution < -0.4 is 5.32 Å². The van der Waals surface area contributed by atoms with Crippen molar-refractivity contribution in [2.45, 2.75) is 45.3 Å². The largest absolute Gasteiger partial charge is 0.309 e. The number of hydrogen-bond donors (Lipinski definition) is 1. The maximum atomic E-state index is 4.24. The van der Waals surface area contributed by atoms with Crippen LogP contribution in [-0.2, 0) is 6.54 Å². The molecule has 2 rings (SSSR count). The quantitative estimate of drug-likeness (QED) is 0.910. The van der Waals surface area contributed by atoms with Crippen molar-refractivity contribution in [2.75, 3.05) is 13.1 Å². The van der Waals surface area contributed by atoms with Gasteiger partial charge in [-0.1, -0.05) is 0 Å². The minimum atomic E-state index is 0.176. The standard InChI is InChI=1S/C14H22BrN3/c1-13(2)10-18(14(3,4)9-17-13)8-11-5-12(15)7-16-6-11/h5-7,17H,8-10H2,1-4H3. The van der Waals surface area contributed by atoms with Crippen LogP contribution in [0.25, 0.3) is 0 Å². The summed E-state index contributed by atoms with van der Waals surface area (Å²) in [5.74, 6) is 0. The third-order valence-corrected chi connectivity index (χ3v) is 4.01. The molecule has 3 nitrogen and oxygen atoms in total. The van der Waals surface area contributed by atoms with Gasteiger partial charge in [0.1, 0.15) is 0 Å². The highest BCUT2D eigenvalue weighted by Crippen LogP contribution is 2.25. The summed E-state index contributed by atoms with van der Waals surface area (Å²) in [6, 6.07) is 2.15. The number of nitrogens with one attached hydrogen (secondary N) is 1. The maximum Gasteiger partial charge on any atom is 0.0410 e. The van der Waals surface area contributed by atoms with Crippen LogP contribution in [0, 0.1) is 0 Å². The van der Waals surface area contributed by atoms with E-state index in [2.05, 4.69) is 64.9 Å². The molecule has 0 aromatic carbocycles. The molecule has 0 amide bonds. The Bertz CT molecular complexity index is 429. The Hall–Kier alpha value is -0.450. The highest BCUT2D eigenvalue weighted by atomic mass is 79.9. The lowest BCUT2D eigenvalue weighted by molar-refractivity contribution is 0.0323. The molecule has 4 heteroatoms. The van der Waals surface area contributed by atoms with Crippen LogP contribution in [0.5, 0.6) is 0 Å². The van der Waals surface area contributed by atoms with Gasteiger partial charge in [0.15, 0.2) is 0 Å². The molecule has 0 atom stereocenters. The number of aromatic nitrogens is 1. The first kappa shape index (κ1) is 14.0. The monoisotopic (exact) mass is 311 g/mol. The summed E-state index contributed by atoms with van der Waals surface area (Å²) in [6.07, 6.45) is 3.78. The minimum Gasteiger partial charge on any atom is -0.309 e. The molecule has 1 saturated heterocycles. The Kier molecular flexibility index (Phi) is 3.81. The molecule has 0 bridgehead atoms. The topological polar surface area (TPSA) is 28.2 Å². The normalized spacial score (nSPS) is 22.9. The van der Waals surface area contributed by atoms with Crippen LogP contribution >= 0.6 is 15.9 Å². The molecule has 0 aliphatic carbocycles. The number of hydrogen-bond acceptors (Lipinski definition) is 3. The van der Waals surface area contributed by atoms with Gasteiger partial charge in [0.2, 0.25) is 0 Å². The summed E-state index contributed by atoms with van der Waals surface area (Å²) in [4.78, 5) is 6.78. The fraction of sp³-hybridized carbons (Fsp3) is 0.643. The lowest BCUT2D eigenvalue weighted by Gasteiger charge is -2.49. The Morgan fingerprint density at radius 3 is 2.72 bits per heavy atom. The molecule has 1 aliphatic rings. The smallest absolute Gasteiger partial charge is 0.0410 e. The van der Waals surface area contributed by atoms with E-state index in [4.69, 9.17) is 0 Å². The van der Waals surface area contributed by atoms with Crippen LogP contribution in [-0.4, -0.2) is 34.1 Å². The first-order valence-electron chi connectivity index (χ1n) is 6.38. The Morgan fingerprint density at radius 1 is 1.33 bits per heavy atom. The lowest BCUT2D eigenvalue weighted by Crippen LogP contribution is -2.65. The van der Waals surface area contributed by atoms with Crippen LogP contribution in [0.2, 0.25) is 0 Å². The van der Waals surface area contributed by atoms with Gasteiger partial charge in [-0.3, -0.25) is 9.88 Å². The van der Waals surface area contributed by atoms with E-state index < -0.39 is 0 Å². The molecule has 0 radical (unpaired) electrons. The van der Waals surface area contributed by atoms with E-state index in [1.165, 1.54) is 5.56 Å². The van der Waals surface area contributed by atoms with Crippen molar-refractivity contribution < 1.29 is 0 Å². The van der Waals surface area contributed by atoms with Crippen molar-refractivity contribution in [1.29, 1.82) is 0 Å². The molecular formula is C14H22BrN3. The summed E-state index contributed by atoms with van der Waals surface area (Å²) in [5.41, 5.74) is 1.61. The van der Waals surface area contributed by atoms with Crippen LogP contribution in [0.15, 0.2) is 22.9 Å². The Balaban J connectivity index is 2.15. The summed E-state index contributed by atoms with van der Waals surface area (Å²) in [7, 11) is 0. The maximum absolute atomic E-state index is 4.24. The zero-order valence-electron chi connectivity index (χ0n) is 11.6. The van der Waals surface area contributed by atoms with Gasteiger partial charge in [0, 0.05) is 47.6 Å². The molecule has 1 aliphatic heterocycles. The molecule has 18 heavy (non-hydrogen) atoms. The molecular weight excluding hydrogens is 290 g/mol. The second-order valence-electron chi connectivity index (χ2n) is 6.42. The number of rotatable bonds is 2. The van der Waals surface area contributed by atoms with E-state index in [0.29, 0.717) is 0 Å². The van der Waals surface area contributed by atoms with E-state index >= 15 is 0 Å². The van der Waals surface area contributed by atoms with Crippen molar-refractivity contribution in [3.05, 3.63) is 28.5 Å². The minimum absolute atomic E-state index is 0.176. The van der Waals surface area contributed by atoms with Gasteiger partial charge in [-0.15, -0.1) is 0 Å². The second kappa shape index (κ2) is 4.91. The van der Waals surface area contributed by atoms with Gasteiger partial charge in [-0.2, -0.15) is 0 Å². The average Bonchev–Trinajstić information content (AvgIpc) is 2.24. The van der Waals surface area contributed by atoms with Crippen LogP contribution in [0.3, 0.4) is 0 Å². The van der Waals surface area contributed by atoms with Crippen molar-refractivity contribution >= 4 is 15.9 Å². The molecule has 1 aromatic heterocycles. The van der Waals surface area contributed by atoms with Gasteiger partial charge < -0.3 is 5.32 Å². The third-order valence-electron chi connectivity index (χ3n) is 3.58. The molecule has 1 aromatic rings. The van der Waals surface area contributed by atoms with Gasteiger partial charge in [-0.05, 0) is 55.3 Å². The molecule has 100 valence electrons. The molecule has 0 spiro atoms. The van der Waals surface area contributed by atoms with E-state index in [-0.39, 0.29) is 11.1 Å². The zero-order chi connectivity index (χ0) is 13.4. The van der Waals surface area contributed by atoms with E-state index in [1.807, 2.05) is 12.4 Å². The SMILES string of the molecule is CC1(C)CN(Cc2cncc(Br)c2)C(C)(C)CN1. The average molecular weight is 312 g/mol. The van der Waals surface area contributed by atoms with Crippen molar-refractivity contribution in [3.63, 3.8) is 0 Å². The summed E-state index contributed by atoms with van der Waals surface area (Å²) in [6.45, 7) is 12.1. The van der Waals surface area contributed by atoms with Gasteiger partial charge in [-0.25, -0.2) is 0 Å². The van der Waals surface area contributed by atoms with Crippen LogP contribution in [0.1, 0.15) is 33.3 Å². The molecule has 1 fully saturated rings. The molecule has 0 saturated carbocycles. The molecule has 0 unspecified atom stereocenters. The summed E-state index contributed by atoms with van der Waals surface area (Å²) >= 11 is 3.48. The fourth-order valence-corrected chi connectivity index (χ4v) is 2.76. The first-order chi connectivity index (χ1) is 8.28. The van der Waals surface area contributed by atoms with Gasteiger partial charge >= 0.3 is 0 Å². The van der Waals surface area contributed by atoms with E-state index in [1.54, 1.807) is 0 Å². The highest BCUT2D eigenvalue weighted by molar-refractivity contribution is 9.10. The first-order valence-corrected chi connectivity index (χ1v) is 7.17. The predicted molar refractivity (Wildman–Crippen MR) is 78.5 cm³/mol. The number of halogens is 1. The Morgan fingerprint density at radius 2 is 2.06 bits per heavy atom. The number of pyridine rings is 1. The van der Waals surface area contributed by atoms with E-state index in [0.717, 1.165) is 24.1 Å². The zero-order valence-corrected chi connectivity index (χ0v) is 13.2. The molecule has 2 heterocycles. The van der Waals surface area contributed by atoms with Gasteiger partial charge in [0.25, 0.3) is 0 Å². The van der Waals surface area contributed by atoms with Crippen LogP contribution in [0.4, 0.5) is 0 Å². The van der Waals surface area contributed by atoms with E-state index in [9.17, 15) is 0 Å². The van der Waals surface area contributed by atoms with Crippen molar-refractivity contribution in [1.82, 2.24) is 15.2 Å². The van der Waals surface area contributed by atoms with Crippen molar-refractivity contribution in [3.8, 4) is 0 Å². The highest BCUT2D eigenvalue weighted by Gasteiger charge is 2.37. The summed E-state index contributed by atoms with van der Waals surface area (Å²) in [5, 5.41) is 3.61. The fourth-order valence-electron chi connectivity index (χ4n) is 2.35. The van der Waals surface area contributed by atoms with Crippen molar-refractivity contribution in [2.24, 2.45) is 0 Å². The predicted octanol–water partition coefficient (Wildman–Crippen LogP) is 2.81. The lowest BCUT2D eigenvalue weighted by atomic mass is 9.91. The Labute approximate surface area is 118 Å². The molecule has 1 N–H and O–H groups in total.